The van der Waals surface area contributed by atoms with Gasteiger partial charge in [0.05, 0.1) is 18.3 Å². The highest BCUT2D eigenvalue weighted by atomic mass is 16.2. The molecule has 2 N–H and O–H groups in total. The van der Waals surface area contributed by atoms with Gasteiger partial charge in [0.25, 0.3) is 0 Å². The molecule has 0 saturated heterocycles. The van der Waals surface area contributed by atoms with E-state index in [0.29, 0.717) is 6.54 Å². The molecule has 5 nitrogen and oxygen atoms in total. The van der Waals surface area contributed by atoms with Gasteiger partial charge in [-0.1, -0.05) is 24.3 Å². The van der Waals surface area contributed by atoms with Crippen LogP contribution in [0.2, 0.25) is 0 Å². The Hall–Kier alpha value is -2.27. The molecular weight excluding hydrogens is 252 g/mol. The molecule has 1 atom stereocenters. The minimum absolute atomic E-state index is 0.0121. The van der Waals surface area contributed by atoms with Crippen LogP contribution in [-0.2, 0) is 24.3 Å². The molecule has 3 rings (SSSR count). The first-order valence-electron chi connectivity index (χ1n) is 6.66. The number of aromatic nitrogens is 2. The number of carbonyl (C=O) groups is 1. The van der Waals surface area contributed by atoms with Crippen LogP contribution < -0.4 is 10.6 Å². The van der Waals surface area contributed by atoms with E-state index in [1.54, 1.807) is 12.3 Å². The third kappa shape index (κ3) is 2.83. The number of carbonyl (C=O) groups excluding carboxylic acids is 1. The lowest BCUT2D eigenvalue weighted by molar-refractivity contribution is -0.123. The van der Waals surface area contributed by atoms with Gasteiger partial charge in [-0.3, -0.25) is 4.79 Å². The summed E-state index contributed by atoms with van der Waals surface area (Å²) in [5.41, 5.74) is 3.32. The average molecular weight is 268 g/mol. The van der Waals surface area contributed by atoms with E-state index in [9.17, 15) is 4.79 Å². The molecule has 0 aliphatic carbocycles. The molecule has 1 unspecified atom stereocenters. The first kappa shape index (κ1) is 12.7. The molecule has 102 valence electrons. The van der Waals surface area contributed by atoms with Crippen molar-refractivity contribution >= 4 is 5.91 Å². The number of fused-ring (bicyclic) bond motifs is 1. The summed E-state index contributed by atoms with van der Waals surface area (Å²) in [5.74, 6) is 0.0121. The Balaban J connectivity index is 1.59. The second kappa shape index (κ2) is 5.79. The minimum atomic E-state index is -0.174. The van der Waals surface area contributed by atoms with Crippen LogP contribution in [-0.4, -0.2) is 21.9 Å². The molecule has 5 heteroatoms. The Kier molecular flexibility index (Phi) is 3.69. The smallest absolute Gasteiger partial charge is 0.237 e. The fourth-order valence-corrected chi connectivity index (χ4v) is 2.36. The molecule has 0 saturated carbocycles. The van der Waals surface area contributed by atoms with Crippen LogP contribution in [0.25, 0.3) is 0 Å². The van der Waals surface area contributed by atoms with E-state index in [2.05, 4.69) is 32.7 Å². The molecule has 0 radical (unpaired) electrons. The Morgan fingerprint density at radius 1 is 1.30 bits per heavy atom. The third-order valence-electron chi connectivity index (χ3n) is 3.48. The van der Waals surface area contributed by atoms with Crippen molar-refractivity contribution in [3.05, 3.63) is 59.7 Å². The lowest BCUT2D eigenvalue weighted by atomic mass is 9.95. The molecule has 1 aliphatic rings. The van der Waals surface area contributed by atoms with Crippen molar-refractivity contribution in [2.75, 3.05) is 0 Å². The van der Waals surface area contributed by atoms with Gasteiger partial charge in [-0.25, -0.2) is 9.97 Å². The minimum Gasteiger partial charge on any atom is -0.349 e. The number of benzene rings is 1. The predicted molar refractivity (Wildman–Crippen MR) is 74.7 cm³/mol. The maximum Gasteiger partial charge on any atom is 0.237 e. The van der Waals surface area contributed by atoms with Crippen molar-refractivity contribution < 1.29 is 4.79 Å². The molecule has 2 heterocycles. The molecule has 20 heavy (non-hydrogen) atoms. The van der Waals surface area contributed by atoms with Gasteiger partial charge < -0.3 is 10.6 Å². The van der Waals surface area contributed by atoms with Crippen LogP contribution in [0.3, 0.4) is 0 Å². The Morgan fingerprint density at radius 2 is 2.15 bits per heavy atom. The van der Waals surface area contributed by atoms with Gasteiger partial charge in [-0.2, -0.15) is 0 Å². The average Bonchev–Trinajstić information content (AvgIpc) is 2.53. The predicted octanol–water partition coefficient (Wildman–Crippen LogP) is 0.807. The van der Waals surface area contributed by atoms with Crippen molar-refractivity contribution in [2.24, 2.45) is 0 Å². The molecule has 1 aromatic carbocycles. The largest absolute Gasteiger partial charge is 0.349 e. The first-order chi connectivity index (χ1) is 9.83. The summed E-state index contributed by atoms with van der Waals surface area (Å²) >= 11 is 0. The molecule has 1 aromatic heterocycles. The summed E-state index contributed by atoms with van der Waals surface area (Å²) in [5, 5.41) is 6.17. The number of amides is 1. The van der Waals surface area contributed by atoms with Gasteiger partial charge in [-0.05, 0) is 23.6 Å². The lowest BCUT2D eigenvalue weighted by Gasteiger charge is -2.25. The number of hydrogen-bond donors (Lipinski definition) is 2. The molecule has 0 spiro atoms. The fraction of sp³-hybridized carbons (Fsp3) is 0.267. The van der Waals surface area contributed by atoms with E-state index < -0.39 is 0 Å². The molecule has 0 fully saturated rings. The Bertz CT molecular complexity index is 600. The van der Waals surface area contributed by atoms with Crippen molar-refractivity contribution in [1.82, 2.24) is 20.6 Å². The van der Waals surface area contributed by atoms with Crippen LogP contribution >= 0.6 is 0 Å². The van der Waals surface area contributed by atoms with Gasteiger partial charge >= 0.3 is 0 Å². The molecule has 2 aromatic rings. The van der Waals surface area contributed by atoms with Crippen molar-refractivity contribution in [3.8, 4) is 0 Å². The maximum absolute atomic E-state index is 12.2. The van der Waals surface area contributed by atoms with Crippen molar-refractivity contribution in [3.63, 3.8) is 0 Å². The van der Waals surface area contributed by atoms with Crippen LogP contribution in [0.5, 0.6) is 0 Å². The van der Waals surface area contributed by atoms with E-state index >= 15 is 0 Å². The summed E-state index contributed by atoms with van der Waals surface area (Å²) in [6.07, 6.45) is 3.88. The quantitative estimate of drug-likeness (QED) is 0.864. The summed E-state index contributed by atoms with van der Waals surface area (Å²) in [6.45, 7) is 1.17. The zero-order chi connectivity index (χ0) is 13.8. The standard InChI is InChI=1S/C15H16N4O/c20-15(18-9-13-5-6-16-10-19-13)14-7-11-3-1-2-4-12(11)8-17-14/h1-6,10,14,17H,7-9H2,(H,18,20). The molecule has 0 bridgehead atoms. The van der Waals surface area contributed by atoms with E-state index in [0.717, 1.165) is 18.7 Å². The van der Waals surface area contributed by atoms with Crippen LogP contribution in [0.15, 0.2) is 42.9 Å². The second-order valence-electron chi connectivity index (χ2n) is 4.82. The van der Waals surface area contributed by atoms with Crippen LogP contribution in [0.1, 0.15) is 16.8 Å². The highest BCUT2D eigenvalue weighted by Gasteiger charge is 2.23. The number of rotatable bonds is 3. The molecular formula is C15H16N4O. The zero-order valence-electron chi connectivity index (χ0n) is 11.0. The fourth-order valence-electron chi connectivity index (χ4n) is 2.36. The highest BCUT2D eigenvalue weighted by Crippen LogP contribution is 2.16. The highest BCUT2D eigenvalue weighted by molar-refractivity contribution is 5.82. The normalized spacial score (nSPS) is 17.3. The van der Waals surface area contributed by atoms with Crippen molar-refractivity contribution in [1.29, 1.82) is 0 Å². The van der Waals surface area contributed by atoms with Gasteiger partial charge in [-0.15, -0.1) is 0 Å². The van der Waals surface area contributed by atoms with E-state index in [1.165, 1.54) is 17.5 Å². The van der Waals surface area contributed by atoms with E-state index in [4.69, 9.17) is 0 Å². The van der Waals surface area contributed by atoms with Gasteiger partial charge in [0.1, 0.15) is 6.33 Å². The van der Waals surface area contributed by atoms with Gasteiger partial charge in [0.15, 0.2) is 0 Å². The summed E-state index contributed by atoms with van der Waals surface area (Å²) < 4.78 is 0. The lowest BCUT2D eigenvalue weighted by Crippen LogP contribution is -2.47. The van der Waals surface area contributed by atoms with Crippen LogP contribution in [0, 0.1) is 0 Å². The second-order valence-corrected chi connectivity index (χ2v) is 4.82. The Morgan fingerprint density at radius 3 is 2.95 bits per heavy atom. The summed E-state index contributed by atoms with van der Waals surface area (Å²) in [6, 6.07) is 9.84. The SMILES string of the molecule is O=C(NCc1ccncn1)C1Cc2ccccc2CN1. The summed E-state index contributed by atoms with van der Waals surface area (Å²) in [4.78, 5) is 20.1. The van der Waals surface area contributed by atoms with E-state index in [1.807, 2.05) is 12.1 Å². The third-order valence-corrected chi connectivity index (χ3v) is 3.48. The van der Waals surface area contributed by atoms with E-state index in [-0.39, 0.29) is 11.9 Å². The number of nitrogens with zero attached hydrogens (tertiary/aromatic N) is 2. The van der Waals surface area contributed by atoms with Crippen molar-refractivity contribution in [2.45, 2.75) is 25.6 Å². The summed E-state index contributed by atoms with van der Waals surface area (Å²) in [7, 11) is 0. The monoisotopic (exact) mass is 268 g/mol. The number of nitrogens with one attached hydrogen (secondary N) is 2. The van der Waals surface area contributed by atoms with Gasteiger partial charge in [0.2, 0.25) is 5.91 Å². The first-order valence-corrected chi connectivity index (χ1v) is 6.66. The maximum atomic E-state index is 12.2. The van der Waals surface area contributed by atoms with Crippen LogP contribution in [0.4, 0.5) is 0 Å². The number of hydrogen-bond acceptors (Lipinski definition) is 4. The Labute approximate surface area is 117 Å². The molecule has 1 amide bonds. The topological polar surface area (TPSA) is 66.9 Å². The van der Waals surface area contributed by atoms with Gasteiger partial charge in [0, 0.05) is 12.7 Å². The molecule has 1 aliphatic heterocycles. The zero-order valence-corrected chi connectivity index (χ0v) is 11.0.